The maximum absolute atomic E-state index is 13.9. The largest absolute Gasteiger partial charge is 0.323 e. The number of nitrogens with zero attached hydrogens (tertiary/aromatic N) is 3. The van der Waals surface area contributed by atoms with Crippen molar-refractivity contribution >= 4 is 46.4 Å². The predicted molar refractivity (Wildman–Crippen MR) is 119 cm³/mol. The van der Waals surface area contributed by atoms with Crippen molar-refractivity contribution < 1.29 is 19.3 Å². The second kappa shape index (κ2) is 6.61. The van der Waals surface area contributed by atoms with Gasteiger partial charge >= 0.3 is 0 Å². The van der Waals surface area contributed by atoms with Crippen molar-refractivity contribution in [3.05, 3.63) is 62.7 Å². The number of carbonyl (C=O) groups is 3. The molecular weight excluding hydrogens is 448 g/mol. The molecule has 0 aliphatic carbocycles. The molecule has 168 valence electrons. The van der Waals surface area contributed by atoms with Gasteiger partial charge in [-0.2, -0.15) is 0 Å². The minimum atomic E-state index is -1.33. The topological polar surface area (TPSA) is 113 Å². The Morgan fingerprint density at radius 2 is 1.97 bits per heavy atom. The maximum Gasteiger partial charge on any atom is 0.271 e. The van der Waals surface area contributed by atoms with Crippen LogP contribution in [0.5, 0.6) is 0 Å². The molecule has 4 atom stereocenters. The van der Waals surface area contributed by atoms with Crippen molar-refractivity contribution in [1.82, 2.24) is 4.90 Å². The molecule has 4 aliphatic rings. The zero-order valence-electron chi connectivity index (χ0n) is 17.6. The Hall–Kier alpha value is -3.30. The number of nitrogens with one attached hydrogen (secondary N) is 1. The van der Waals surface area contributed by atoms with Crippen LogP contribution in [0.3, 0.4) is 0 Å². The first-order chi connectivity index (χ1) is 15.8. The van der Waals surface area contributed by atoms with Crippen LogP contribution in [-0.4, -0.2) is 40.1 Å². The normalized spacial score (nSPS) is 30.1. The highest BCUT2D eigenvalue weighted by Gasteiger charge is 2.74. The minimum Gasteiger partial charge on any atom is -0.323 e. The Morgan fingerprint density at radius 3 is 2.73 bits per heavy atom. The fourth-order valence-corrected chi connectivity index (χ4v) is 6.72. The van der Waals surface area contributed by atoms with E-state index in [1.807, 2.05) is 17.9 Å². The SMILES string of the molecule is Cc1cc(Cl)c2c(c1)[C@@]1(C(=O)N2)[C@H]2C(=O)N(c3cccc([N+](=O)[O-])c3)C(=O)[C@@H]2[C@H]2CCCN21. The van der Waals surface area contributed by atoms with Gasteiger partial charge in [-0.05, 0) is 44.0 Å². The molecule has 10 heteroatoms. The van der Waals surface area contributed by atoms with E-state index in [1.54, 1.807) is 6.07 Å². The van der Waals surface area contributed by atoms with Crippen LogP contribution in [-0.2, 0) is 19.9 Å². The quantitative estimate of drug-likeness (QED) is 0.413. The average Bonchev–Trinajstić information content (AvgIpc) is 3.47. The molecule has 0 saturated carbocycles. The highest BCUT2D eigenvalue weighted by molar-refractivity contribution is 6.35. The lowest BCUT2D eigenvalue weighted by atomic mass is 9.75. The second-order valence-corrected chi connectivity index (χ2v) is 9.49. The van der Waals surface area contributed by atoms with Gasteiger partial charge in [-0.1, -0.05) is 23.7 Å². The molecule has 2 aromatic rings. The van der Waals surface area contributed by atoms with Crippen LogP contribution in [0, 0.1) is 28.9 Å². The van der Waals surface area contributed by atoms with E-state index in [9.17, 15) is 24.5 Å². The predicted octanol–water partition coefficient (Wildman–Crippen LogP) is 2.99. The van der Waals surface area contributed by atoms with Gasteiger partial charge in [0.2, 0.25) is 11.8 Å². The Labute approximate surface area is 193 Å². The molecule has 0 radical (unpaired) electrons. The molecule has 3 amide bonds. The number of hydrogen-bond donors (Lipinski definition) is 1. The number of halogens is 1. The molecule has 9 nitrogen and oxygen atoms in total. The van der Waals surface area contributed by atoms with Gasteiger partial charge in [0.25, 0.3) is 11.6 Å². The van der Waals surface area contributed by atoms with E-state index in [0.717, 1.165) is 16.9 Å². The van der Waals surface area contributed by atoms with Crippen LogP contribution in [0.2, 0.25) is 5.02 Å². The lowest BCUT2D eigenvalue weighted by molar-refractivity contribution is -0.384. The molecule has 2 aromatic carbocycles. The van der Waals surface area contributed by atoms with Crippen LogP contribution in [0.1, 0.15) is 24.0 Å². The number of nitro benzene ring substituents is 1. The standard InChI is InChI=1S/C23H19ClN4O5/c1-11-8-14-19(15(24)9-11)25-22(31)23(14)18-17(16-6-3-7-26(16)23)20(29)27(21(18)30)12-4-2-5-13(10-12)28(32)33/h2,4-5,8-10,16-18H,3,6-7H2,1H3,(H,25,31)/t16-,17-,18-,23+/m1/s1. The van der Waals surface area contributed by atoms with Gasteiger partial charge in [-0.15, -0.1) is 0 Å². The number of hydrogen-bond acceptors (Lipinski definition) is 6. The van der Waals surface area contributed by atoms with E-state index in [4.69, 9.17) is 11.6 Å². The van der Waals surface area contributed by atoms with Crippen molar-refractivity contribution in [2.24, 2.45) is 11.8 Å². The summed E-state index contributed by atoms with van der Waals surface area (Å²) in [5, 5.41) is 14.5. The molecule has 1 spiro atoms. The Bertz CT molecular complexity index is 1300. The summed E-state index contributed by atoms with van der Waals surface area (Å²) in [6, 6.07) is 8.83. The number of carbonyl (C=O) groups excluding carboxylic acids is 3. The summed E-state index contributed by atoms with van der Waals surface area (Å²) in [5.41, 5.74) is 0.551. The Morgan fingerprint density at radius 1 is 1.18 bits per heavy atom. The van der Waals surface area contributed by atoms with E-state index in [-0.39, 0.29) is 23.3 Å². The van der Waals surface area contributed by atoms with Gasteiger partial charge in [0.15, 0.2) is 0 Å². The fraction of sp³-hybridized carbons (Fsp3) is 0.348. The molecule has 4 heterocycles. The summed E-state index contributed by atoms with van der Waals surface area (Å²) in [6.07, 6.45) is 1.49. The maximum atomic E-state index is 13.9. The number of aryl methyl sites for hydroxylation is 1. The van der Waals surface area contributed by atoms with Crippen LogP contribution >= 0.6 is 11.6 Å². The average molecular weight is 467 g/mol. The molecule has 0 aromatic heterocycles. The molecule has 4 aliphatic heterocycles. The third kappa shape index (κ3) is 2.38. The molecule has 3 fully saturated rings. The molecular formula is C23H19ClN4O5. The number of amides is 3. The van der Waals surface area contributed by atoms with E-state index in [1.165, 1.54) is 24.3 Å². The first kappa shape index (κ1) is 20.3. The van der Waals surface area contributed by atoms with E-state index in [2.05, 4.69) is 5.32 Å². The first-order valence-electron chi connectivity index (χ1n) is 10.8. The third-order valence-corrected chi connectivity index (χ3v) is 7.79. The molecule has 1 N–H and O–H groups in total. The van der Waals surface area contributed by atoms with Crippen LogP contribution in [0.25, 0.3) is 0 Å². The van der Waals surface area contributed by atoms with Crippen molar-refractivity contribution in [3.63, 3.8) is 0 Å². The number of nitro groups is 1. The van der Waals surface area contributed by atoms with Gasteiger partial charge in [0.05, 0.1) is 33.2 Å². The number of benzene rings is 2. The smallest absolute Gasteiger partial charge is 0.271 e. The lowest BCUT2D eigenvalue weighted by Gasteiger charge is -2.36. The zero-order valence-corrected chi connectivity index (χ0v) is 18.3. The van der Waals surface area contributed by atoms with E-state index >= 15 is 0 Å². The summed E-state index contributed by atoms with van der Waals surface area (Å²) in [6.45, 7) is 2.46. The molecule has 6 rings (SSSR count). The van der Waals surface area contributed by atoms with Gasteiger partial charge in [0, 0.05) is 23.7 Å². The highest BCUT2D eigenvalue weighted by Crippen LogP contribution is 2.61. The molecule has 33 heavy (non-hydrogen) atoms. The Balaban J connectivity index is 1.55. The fourth-order valence-electron chi connectivity index (χ4n) is 6.40. The van der Waals surface area contributed by atoms with E-state index < -0.39 is 34.1 Å². The van der Waals surface area contributed by atoms with E-state index in [0.29, 0.717) is 29.2 Å². The number of non-ortho nitro benzene ring substituents is 1. The van der Waals surface area contributed by atoms with Crippen LogP contribution in [0.4, 0.5) is 17.1 Å². The highest BCUT2D eigenvalue weighted by atomic mass is 35.5. The van der Waals surface area contributed by atoms with Gasteiger partial charge < -0.3 is 5.32 Å². The van der Waals surface area contributed by atoms with Gasteiger partial charge in [-0.25, -0.2) is 4.90 Å². The number of fused-ring (bicyclic) bond motifs is 7. The minimum absolute atomic E-state index is 0.147. The summed E-state index contributed by atoms with van der Waals surface area (Å²) in [7, 11) is 0. The molecule has 0 bridgehead atoms. The number of rotatable bonds is 2. The lowest BCUT2D eigenvalue weighted by Crippen LogP contribution is -2.54. The van der Waals surface area contributed by atoms with Crippen molar-refractivity contribution in [2.75, 3.05) is 16.8 Å². The Kier molecular flexibility index (Phi) is 4.07. The summed E-state index contributed by atoms with van der Waals surface area (Å²) >= 11 is 6.47. The van der Waals surface area contributed by atoms with Crippen LogP contribution < -0.4 is 10.2 Å². The monoisotopic (exact) mass is 466 g/mol. The summed E-state index contributed by atoms with van der Waals surface area (Å²) in [5.74, 6) is -2.94. The first-order valence-corrected chi connectivity index (χ1v) is 11.2. The third-order valence-electron chi connectivity index (χ3n) is 7.50. The molecule has 3 saturated heterocycles. The summed E-state index contributed by atoms with van der Waals surface area (Å²) < 4.78 is 0. The van der Waals surface area contributed by atoms with Crippen molar-refractivity contribution in [1.29, 1.82) is 0 Å². The molecule has 0 unspecified atom stereocenters. The number of anilines is 2. The van der Waals surface area contributed by atoms with Gasteiger partial charge in [0.1, 0.15) is 5.54 Å². The van der Waals surface area contributed by atoms with Crippen molar-refractivity contribution in [2.45, 2.75) is 31.3 Å². The zero-order chi connectivity index (χ0) is 23.2. The van der Waals surface area contributed by atoms with Gasteiger partial charge in [-0.3, -0.25) is 29.4 Å². The second-order valence-electron chi connectivity index (χ2n) is 9.09. The number of imide groups is 1. The van der Waals surface area contributed by atoms with Crippen molar-refractivity contribution in [3.8, 4) is 0 Å². The summed E-state index contributed by atoms with van der Waals surface area (Å²) in [4.78, 5) is 55.0. The van der Waals surface area contributed by atoms with Crippen LogP contribution in [0.15, 0.2) is 36.4 Å².